The second kappa shape index (κ2) is 7.00. The van der Waals surface area contributed by atoms with Crippen LogP contribution in [0.2, 0.25) is 0 Å². The highest BCUT2D eigenvalue weighted by Crippen LogP contribution is 2.25. The van der Waals surface area contributed by atoms with Crippen molar-refractivity contribution in [2.45, 2.75) is 33.2 Å². The van der Waals surface area contributed by atoms with E-state index in [0.717, 1.165) is 21.0 Å². The minimum atomic E-state index is -0.0909. The van der Waals surface area contributed by atoms with Crippen LogP contribution in [-0.4, -0.2) is 22.0 Å². The number of fused-ring (bicyclic) bond motifs is 1. The van der Waals surface area contributed by atoms with E-state index in [9.17, 15) is 9.59 Å². The number of nitrogens with zero attached hydrogens (tertiary/aromatic N) is 2. The summed E-state index contributed by atoms with van der Waals surface area (Å²) in [6.45, 7) is 4.75. The number of hydrogen-bond acceptors (Lipinski definition) is 5. The molecule has 6 nitrogen and oxygen atoms in total. The minimum Gasteiger partial charge on any atom is -0.469 e. The Balaban J connectivity index is 1.59. The molecule has 126 valence electrons. The first-order valence-corrected chi connectivity index (χ1v) is 8.62. The van der Waals surface area contributed by atoms with E-state index in [1.807, 2.05) is 26.0 Å². The Labute approximate surface area is 143 Å². The van der Waals surface area contributed by atoms with Gasteiger partial charge in [-0.25, -0.2) is 4.98 Å². The molecule has 1 N–H and O–H groups in total. The number of rotatable bonds is 6. The highest BCUT2D eigenvalue weighted by Gasteiger charge is 2.12. The van der Waals surface area contributed by atoms with Crippen molar-refractivity contribution in [3.05, 3.63) is 51.3 Å². The normalized spacial score (nSPS) is 11.1. The molecular weight excluding hydrogens is 326 g/mol. The first kappa shape index (κ1) is 16.4. The van der Waals surface area contributed by atoms with Gasteiger partial charge >= 0.3 is 0 Å². The Hall–Kier alpha value is -2.41. The molecule has 1 amide bonds. The first-order valence-electron chi connectivity index (χ1n) is 7.80. The third kappa shape index (κ3) is 3.41. The number of furan rings is 1. The lowest BCUT2D eigenvalue weighted by Gasteiger charge is -2.06. The average Bonchev–Trinajstić information content (AvgIpc) is 3.16. The Bertz CT molecular complexity index is 909. The van der Waals surface area contributed by atoms with Crippen LogP contribution in [0.15, 0.2) is 33.9 Å². The number of carbonyl (C=O) groups is 1. The molecule has 0 aliphatic heterocycles. The van der Waals surface area contributed by atoms with Gasteiger partial charge in [0.05, 0.1) is 18.0 Å². The number of hydrogen-bond donors (Lipinski definition) is 1. The number of nitrogens with one attached hydrogen (secondary N) is 1. The van der Waals surface area contributed by atoms with E-state index in [4.69, 9.17) is 4.42 Å². The van der Waals surface area contributed by atoms with Crippen molar-refractivity contribution in [1.29, 1.82) is 0 Å². The largest absolute Gasteiger partial charge is 0.469 e. The molecule has 3 rings (SSSR count). The van der Waals surface area contributed by atoms with Crippen molar-refractivity contribution in [2.24, 2.45) is 0 Å². The standard InChI is InChI=1S/C17H19N3O3S/c1-11-12(2)24-16-15(11)17(22)20(10-19-16)8-6-14(21)18-7-5-13-4-3-9-23-13/h3-4,9-10H,5-8H2,1-2H3,(H,18,21). The lowest BCUT2D eigenvalue weighted by Crippen LogP contribution is -2.28. The van der Waals surface area contributed by atoms with Gasteiger partial charge in [-0.2, -0.15) is 0 Å². The van der Waals surface area contributed by atoms with Gasteiger partial charge in [-0.05, 0) is 31.5 Å². The molecule has 0 aliphatic carbocycles. The van der Waals surface area contributed by atoms with E-state index in [1.54, 1.807) is 6.26 Å². The number of thiophene rings is 1. The van der Waals surface area contributed by atoms with E-state index in [2.05, 4.69) is 10.3 Å². The average molecular weight is 345 g/mol. The van der Waals surface area contributed by atoms with Crippen LogP contribution in [0.1, 0.15) is 22.6 Å². The van der Waals surface area contributed by atoms with Crippen LogP contribution < -0.4 is 10.9 Å². The summed E-state index contributed by atoms with van der Waals surface area (Å²) in [6, 6.07) is 3.69. The first-order chi connectivity index (χ1) is 11.6. The minimum absolute atomic E-state index is 0.0785. The maximum atomic E-state index is 12.5. The molecule has 0 fully saturated rings. The SMILES string of the molecule is Cc1sc2ncn(CCC(=O)NCCc3ccco3)c(=O)c2c1C. The molecule has 0 aliphatic rings. The van der Waals surface area contributed by atoms with Gasteiger partial charge in [-0.1, -0.05) is 0 Å². The summed E-state index contributed by atoms with van der Waals surface area (Å²) >= 11 is 1.52. The molecule has 3 heterocycles. The molecule has 3 aromatic rings. The molecule has 0 spiro atoms. The second-order valence-corrected chi connectivity index (χ2v) is 6.84. The van der Waals surface area contributed by atoms with Crippen LogP contribution >= 0.6 is 11.3 Å². The molecule has 0 aromatic carbocycles. The number of carbonyl (C=O) groups excluding carboxylic acids is 1. The fraction of sp³-hybridized carbons (Fsp3) is 0.353. The van der Waals surface area contributed by atoms with Crippen LogP contribution in [0.5, 0.6) is 0 Å². The van der Waals surface area contributed by atoms with E-state index in [0.29, 0.717) is 24.9 Å². The second-order valence-electron chi connectivity index (χ2n) is 5.64. The fourth-order valence-corrected chi connectivity index (χ4v) is 3.51. The zero-order chi connectivity index (χ0) is 17.1. The predicted molar refractivity (Wildman–Crippen MR) is 93.4 cm³/mol. The van der Waals surface area contributed by atoms with E-state index in [1.165, 1.54) is 22.2 Å². The molecule has 0 unspecified atom stereocenters. The van der Waals surface area contributed by atoms with Crippen LogP contribution in [0.3, 0.4) is 0 Å². The number of aryl methyl sites for hydroxylation is 3. The third-order valence-corrected chi connectivity index (χ3v) is 5.12. The molecule has 7 heteroatoms. The third-order valence-electron chi connectivity index (χ3n) is 4.01. The van der Waals surface area contributed by atoms with Crippen molar-refractivity contribution in [1.82, 2.24) is 14.9 Å². The highest BCUT2D eigenvalue weighted by atomic mass is 32.1. The quantitative estimate of drug-likeness (QED) is 0.744. The summed E-state index contributed by atoms with van der Waals surface area (Å²) < 4.78 is 6.72. The van der Waals surface area contributed by atoms with Gasteiger partial charge in [0.25, 0.3) is 5.56 Å². The van der Waals surface area contributed by atoms with Gasteiger partial charge in [0.1, 0.15) is 10.6 Å². The fourth-order valence-electron chi connectivity index (χ4n) is 2.52. The van der Waals surface area contributed by atoms with Gasteiger partial charge in [0.15, 0.2) is 0 Å². The van der Waals surface area contributed by atoms with Crippen molar-refractivity contribution < 1.29 is 9.21 Å². The molecular formula is C17H19N3O3S. The Kier molecular flexibility index (Phi) is 4.80. The Morgan fingerprint density at radius 1 is 1.42 bits per heavy atom. The summed E-state index contributed by atoms with van der Waals surface area (Å²) in [5.41, 5.74) is 0.898. The lowest BCUT2D eigenvalue weighted by molar-refractivity contribution is -0.121. The van der Waals surface area contributed by atoms with Gasteiger partial charge in [-0.15, -0.1) is 11.3 Å². The molecule has 0 bridgehead atoms. The summed E-state index contributed by atoms with van der Waals surface area (Å²) in [6.07, 6.45) is 4.03. The van der Waals surface area contributed by atoms with Gasteiger partial charge in [0.2, 0.25) is 5.91 Å². The summed E-state index contributed by atoms with van der Waals surface area (Å²) in [5.74, 6) is 0.747. The molecule has 24 heavy (non-hydrogen) atoms. The number of amides is 1. The molecule has 0 saturated carbocycles. The zero-order valence-corrected chi connectivity index (χ0v) is 14.5. The summed E-state index contributed by atoms with van der Waals surface area (Å²) in [5, 5.41) is 3.50. The predicted octanol–water partition coefficient (Wildman–Crippen LogP) is 2.42. The van der Waals surface area contributed by atoms with E-state index in [-0.39, 0.29) is 17.9 Å². The molecule has 0 radical (unpaired) electrons. The Morgan fingerprint density at radius 3 is 3.00 bits per heavy atom. The smallest absolute Gasteiger partial charge is 0.262 e. The van der Waals surface area contributed by atoms with E-state index >= 15 is 0 Å². The number of aromatic nitrogens is 2. The van der Waals surface area contributed by atoms with Crippen LogP contribution in [-0.2, 0) is 17.8 Å². The van der Waals surface area contributed by atoms with E-state index < -0.39 is 0 Å². The molecule has 0 atom stereocenters. The lowest BCUT2D eigenvalue weighted by atomic mass is 10.2. The van der Waals surface area contributed by atoms with Crippen LogP contribution in [0.25, 0.3) is 10.2 Å². The zero-order valence-electron chi connectivity index (χ0n) is 13.7. The monoisotopic (exact) mass is 345 g/mol. The maximum Gasteiger partial charge on any atom is 0.262 e. The van der Waals surface area contributed by atoms with Crippen molar-refractivity contribution >= 4 is 27.5 Å². The van der Waals surface area contributed by atoms with Crippen molar-refractivity contribution in [3.8, 4) is 0 Å². The van der Waals surface area contributed by atoms with Crippen LogP contribution in [0.4, 0.5) is 0 Å². The summed E-state index contributed by atoms with van der Waals surface area (Å²) in [4.78, 5) is 30.6. The maximum absolute atomic E-state index is 12.5. The van der Waals surface area contributed by atoms with Crippen molar-refractivity contribution in [3.63, 3.8) is 0 Å². The highest BCUT2D eigenvalue weighted by molar-refractivity contribution is 7.18. The summed E-state index contributed by atoms with van der Waals surface area (Å²) in [7, 11) is 0. The Morgan fingerprint density at radius 2 is 2.25 bits per heavy atom. The van der Waals surface area contributed by atoms with Gasteiger partial charge in [-0.3, -0.25) is 14.2 Å². The molecule has 0 saturated heterocycles. The van der Waals surface area contributed by atoms with Crippen molar-refractivity contribution in [2.75, 3.05) is 6.54 Å². The molecule has 3 aromatic heterocycles. The van der Waals surface area contributed by atoms with Crippen LogP contribution in [0, 0.1) is 13.8 Å². The topological polar surface area (TPSA) is 77.1 Å². The van der Waals surface area contributed by atoms with Gasteiger partial charge < -0.3 is 9.73 Å². The van der Waals surface area contributed by atoms with Gasteiger partial charge in [0, 0.05) is 30.8 Å².